The number of hydrogen-bond donors (Lipinski definition) is 4. The van der Waals surface area contributed by atoms with Gasteiger partial charge in [-0.3, -0.25) is 9.59 Å². The first-order valence-corrected chi connectivity index (χ1v) is 11.5. The highest BCUT2D eigenvalue weighted by molar-refractivity contribution is 7.85. The molecule has 0 spiro atoms. The number of nitrogens with zero attached hydrogens (tertiary/aromatic N) is 2. The lowest BCUT2D eigenvalue weighted by Gasteiger charge is -2.35. The molecule has 0 saturated carbocycles. The summed E-state index contributed by atoms with van der Waals surface area (Å²) >= 11 is 10.1. The molecule has 35 heavy (non-hydrogen) atoms. The number of carbonyl (C=O) groups excluding carboxylic acids is 2. The number of nitrogens with two attached hydrogens (primary N) is 3. The van der Waals surface area contributed by atoms with Gasteiger partial charge < -0.3 is 26.8 Å². The van der Waals surface area contributed by atoms with Crippen LogP contribution in [0.15, 0.2) is 87.2 Å². The summed E-state index contributed by atoms with van der Waals surface area (Å²) in [6.45, 7) is 1.52. The van der Waals surface area contributed by atoms with Crippen molar-refractivity contribution >= 4 is 41.8 Å². The van der Waals surface area contributed by atoms with E-state index in [4.69, 9.17) is 33.5 Å². The predicted octanol–water partition coefficient (Wildman–Crippen LogP) is 3.21. The van der Waals surface area contributed by atoms with Crippen LogP contribution >= 0.6 is 24.2 Å². The second-order valence-corrected chi connectivity index (χ2v) is 9.04. The number of ketones is 1. The fraction of sp³-hybridized carbons (Fsp3) is 0.160. The van der Waals surface area contributed by atoms with Crippen LogP contribution in [-0.4, -0.2) is 35.5 Å². The number of aliphatic imine (C=N–C) groups is 1. The summed E-state index contributed by atoms with van der Waals surface area (Å²) in [6, 6.07) is 14.3. The lowest BCUT2D eigenvalue weighted by molar-refractivity contribution is -0.131. The third kappa shape index (κ3) is 4.91. The van der Waals surface area contributed by atoms with Crippen LogP contribution in [0.2, 0.25) is 5.02 Å². The van der Waals surface area contributed by atoms with E-state index < -0.39 is 11.8 Å². The maximum Gasteiger partial charge on any atom is 0.262 e. The van der Waals surface area contributed by atoms with E-state index in [1.807, 2.05) is 18.2 Å². The fourth-order valence-electron chi connectivity index (χ4n) is 4.06. The van der Waals surface area contributed by atoms with Gasteiger partial charge in [0.15, 0.2) is 5.78 Å². The van der Waals surface area contributed by atoms with E-state index in [1.54, 1.807) is 37.3 Å². The van der Waals surface area contributed by atoms with Crippen molar-refractivity contribution in [3.8, 4) is 11.5 Å². The Morgan fingerprint density at radius 2 is 1.91 bits per heavy atom. The maximum atomic E-state index is 13.3. The molecule has 2 heterocycles. The number of carbonyl (C=O) groups is 2. The quantitative estimate of drug-likeness (QED) is 0.369. The molecule has 2 aliphatic rings. The zero-order valence-electron chi connectivity index (χ0n) is 18.9. The van der Waals surface area contributed by atoms with E-state index in [2.05, 4.69) is 17.6 Å². The summed E-state index contributed by atoms with van der Waals surface area (Å²) in [5.74, 6) is 0.0802. The minimum absolute atomic E-state index is 0.0840. The zero-order chi connectivity index (χ0) is 25.3. The van der Waals surface area contributed by atoms with Crippen LogP contribution in [0, 0.1) is 0 Å². The van der Waals surface area contributed by atoms with Gasteiger partial charge in [-0.15, -0.1) is 12.6 Å². The highest BCUT2D eigenvalue weighted by Crippen LogP contribution is 2.41. The van der Waals surface area contributed by atoms with Gasteiger partial charge in [0, 0.05) is 34.0 Å². The number of amidine groups is 1. The number of rotatable bonds is 4. The monoisotopic (exact) mass is 509 g/mol. The van der Waals surface area contributed by atoms with Gasteiger partial charge in [-0.2, -0.15) is 0 Å². The van der Waals surface area contributed by atoms with E-state index in [-0.39, 0.29) is 35.3 Å². The SMILES string of the molecule is C/C(N)=C(/S)C(=O)N1CC(=O)C2=C(C1)N=C(N)/C(=C\N)C2c1cccc(Oc2ccc(Cl)cc2)c1. The first kappa shape index (κ1) is 24.4. The lowest BCUT2D eigenvalue weighted by atomic mass is 9.78. The van der Waals surface area contributed by atoms with Crippen molar-refractivity contribution < 1.29 is 14.3 Å². The molecule has 1 atom stereocenters. The van der Waals surface area contributed by atoms with E-state index in [9.17, 15) is 9.59 Å². The number of halogens is 1. The standard InChI is InChI=1S/C25H24ClN5O3S/c1-13(28)23(35)25(33)31-11-19-22(20(32)12-31)21(18(10-27)24(29)30-19)14-3-2-4-17(9-14)34-16-7-5-15(26)6-8-16/h2-10,21,35H,11-12,27-28H2,1H3,(H2,29,30)/b18-10-,23-13-. The third-order valence-corrected chi connectivity index (χ3v) is 6.52. The van der Waals surface area contributed by atoms with Crippen LogP contribution in [0.4, 0.5) is 0 Å². The van der Waals surface area contributed by atoms with Gasteiger partial charge in [0.2, 0.25) is 0 Å². The Morgan fingerprint density at radius 1 is 1.20 bits per heavy atom. The second-order valence-electron chi connectivity index (χ2n) is 8.16. The van der Waals surface area contributed by atoms with Gasteiger partial charge in [0.25, 0.3) is 5.91 Å². The molecule has 1 unspecified atom stereocenters. The normalized spacial score (nSPS) is 19.8. The molecule has 2 aromatic rings. The van der Waals surface area contributed by atoms with Crippen molar-refractivity contribution in [3.05, 3.63) is 92.8 Å². The van der Waals surface area contributed by atoms with Gasteiger partial charge in [-0.05, 0) is 48.9 Å². The lowest BCUT2D eigenvalue weighted by Crippen LogP contribution is -2.45. The van der Waals surface area contributed by atoms with Crippen LogP contribution < -0.4 is 21.9 Å². The van der Waals surface area contributed by atoms with Crippen molar-refractivity contribution in [1.29, 1.82) is 0 Å². The molecule has 0 bridgehead atoms. The first-order chi connectivity index (χ1) is 16.7. The summed E-state index contributed by atoms with van der Waals surface area (Å²) in [5.41, 5.74) is 20.2. The summed E-state index contributed by atoms with van der Waals surface area (Å²) in [5, 5.41) is 0.603. The van der Waals surface area contributed by atoms with E-state index in [0.717, 1.165) is 5.56 Å². The first-order valence-electron chi connectivity index (χ1n) is 10.7. The number of Topliss-reactive ketones (excluding diaryl/α,β-unsaturated/α-hetero) is 1. The average Bonchev–Trinajstić information content (AvgIpc) is 2.83. The molecule has 0 aliphatic carbocycles. The zero-order valence-corrected chi connectivity index (χ0v) is 20.5. The molecule has 0 radical (unpaired) electrons. The highest BCUT2D eigenvalue weighted by Gasteiger charge is 2.39. The Hall–Kier alpha value is -3.69. The minimum Gasteiger partial charge on any atom is -0.457 e. The average molecular weight is 510 g/mol. The Bertz CT molecular complexity index is 1330. The fourth-order valence-corrected chi connectivity index (χ4v) is 4.33. The maximum absolute atomic E-state index is 13.3. The number of amides is 1. The van der Waals surface area contributed by atoms with Crippen molar-refractivity contribution in [3.63, 3.8) is 0 Å². The third-order valence-electron chi connectivity index (χ3n) is 5.72. The van der Waals surface area contributed by atoms with Crippen LogP contribution in [0.25, 0.3) is 0 Å². The predicted molar refractivity (Wildman–Crippen MR) is 139 cm³/mol. The van der Waals surface area contributed by atoms with Crippen molar-refractivity contribution in [1.82, 2.24) is 4.90 Å². The van der Waals surface area contributed by atoms with Gasteiger partial charge in [0.05, 0.1) is 23.7 Å². The Morgan fingerprint density at radius 3 is 2.57 bits per heavy atom. The number of ether oxygens (including phenoxy) is 1. The molecule has 10 heteroatoms. The molecular formula is C25H24ClN5O3S. The molecule has 0 fully saturated rings. The van der Waals surface area contributed by atoms with E-state index in [0.29, 0.717) is 33.4 Å². The molecule has 1 amide bonds. The number of hydrogen-bond acceptors (Lipinski definition) is 8. The molecule has 6 N–H and O–H groups in total. The second kappa shape index (κ2) is 9.89. The minimum atomic E-state index is -0.562. The van der Waals surface area contributed by atoms with Gasteiger partial charge in [0.1, 0.15) is 17.3 Å². The summed E-state index contributed by atoms with van der Waals surface area (Å²) in [4.78, 5) is 32.0. The molecule has 2 aliphatic heterocycles. The molecule has 180 valence electrons. The van der Waals surface area contributed by atoms with Crippen LogP contribution in [0.1, 0.15) is 18.4 Å². The molecule has 0 saturated heterocycles. The Kier molecular flexibility index (Phi) is 6.90. The smallest absolute Gasteiger partial charge is 0.262 e. The molecule has 4 rings (SSSR count). The Labute approximate surface area is 213 Å². The van der Waals surface area contributed by atoms with Crippen molar-refractivity contribution in [2.24, 2.45) is 22.2 Å². The van der Waals surface area contributed by atoms with E-state index >= 15 is 0 Å². The topological polar surface area (TPSA) is 137 Å². The van der Waals surface area contributed by atoms with E-state index in [1.165, 1.54) is 11.1 Å². The van der Waals surface area contributed by atoms with Crippen molar-refractivity contribution in [2.45, 2.75) is 12.8 Å². The molecule has 0 aromatic heterocycles. The van der Waals surface area contributed by atoms with Crippen LogP contribution in [-0.2, 0) is 9.59 Å². The van der Waals surface area contributed by atoms with Gasteiger partial charge >= 0.3 is 0 Å². The number of allylic oxidation sites excluding steroid dienone is 1. The summed E-state index contributed by atoms with van der Waals surface area (Å²) in [6.07, 6.45) is 1.36. The molecule has 2 aromatic carbocycles. The molecular weight excluding hydrogens is 486 g/mol. The Balaban J connectivity index is 1.72. The van der Waals surface area contributed by atoms with Gasteiger partial charge in [-0.1, -0.05) is 23.7 Å². The number of benzene rings is 2. The number of thiol groups is 1. The largest absolute Gasteiger partial charge is 0.457 e. The van der Waals surface area contributed by atoms with Crippen LogP contribution in [0.3, 0.4) is 0 Å². The molecule has 8 nitrogen and oxygen atoms in total. The highest BCUT2D eigenvalue weighted by atomic mass is 35.5. The summed E-state index contributed by atoms with van der Waals surface area (Å²) in [7, 11) is 0. The van der Waals surface area contributed by atoms with Gasteiger partial charge in [-0.25, -0.2) is 4.99 Å². The van der Waals surface area contributed by atoms with Crippen molar-refractivity contribution in [2.75, 3.05) is 13.1 Å². The summed E-state index contributed by atoms with van der Waals surface area (Å²) < 4.78 is 5.97. The van der Waals surface area contributed by atoms with Crippen LogP contribution in [0.5, 0.6) is 11.5 Å².